The van der Waals surface area contributed by atoms with Crippen LogP contribution in [0, 0.1) is 0 Å². The Labute approximate surface area is 296 Å². The number of hydrogen-bond donors (Lipinski definition) is 2. The smallest absolute Gasteiger partial charge is 0.202 e. The largest absolute Gasteiger partial charge is 0.496 e. The minimum absolute atomic E-state index is 0.0147. The van der Waals surface area contributed by atoms with Crippen LogP contribution in [0.5, 0.6) is 17.2 Å². The molecule has 15 heteroatoms. The maximum atomic E-state index is 14.6. The van der Waals surface area contributed by atoms with E-state index in [1.807, 2.05) is 13.8 Å². The zero-order valence-corrected chi connectivity index (χ0v) is 29.3. The first kappa shape index (κ1) is 33.1. The van der Waals surface area contributed by atoms with E-state index in [4.69, 9.17) is 33.2 Å². The molecule has 50 heavy (non-hydrogen) atoms. The second kappa shape index (κ2) is 12.2. The summed E-state index contributed by atoms with van der Waals surface area (Å²) in [6, 6.07) is 4.81. The lowest BCUT2D eigenvalue weighted by molar-refractivity contribution is -0.247. The maximum absolute atomic E-state index is 14.6. The molecule has 0 spiro atoms. The predicted octanol–water partition coefficient (Wildman–Crippen LogP) is 2.58. The zero-order valence-electron chi connectivity index (χ0n) is 27.6. The van der Waals surface area contributed by atoms with Crippen molar-refractivity contribution in [1.82, 2.24) is 4.90 Å². The highest BCUT2D eigenvalue weighted by Crippen LogP contribution is 2.57. The summed E-state index contributed by atoms with van der Waals surface area (Å²) in [5.74, 6) is -1.19. The van der Waals surface area contributed by atoms with Gasteiger partial charge in [0.15, 0.2) is 28.7 Å². The Morgan fingerprint density at radius 3 is 2.56 bits per heavy atom. The van der Waals surface area contributed by atoms with Crippen molar-refractivity contribution in [2.24, 2.45) is 0 Å². The van der Waals surface area contributed by atoms with Crippen LogP contribution in [0.3, 0.4) is 0 Å². The minimum atomic E-state index is -2.07. The number of fused-ring (bicyclic) bond motifs is 4. The Kier molecular flexibility index (Phi) is 8.06. The van der Waals surface area contributed by atoms with Gasteiger partial charge in [-0.05, 0) is 19.9 Å². The van der Waals surface area contributed by atoms with Crippen LogP contribution >= 0.6 is 23.5 Å². The third kappa shape index (κ3) is 4.85. The van der Waals surface area contributed by atoms with Crippen LogP contribution in [0.25, 0.3) is 0 Å². The van der Waals surface area contributed by atoms with E-state index in [0.29, 0.717) is 35.8 Å². The van der Waals surface area contributed by atoms with Crippen molar-refractivity contribution < 1.29 is 57.8 Å². The molecule has 4 fully saturated rings. The van der Waals surface area contributed by atoms with Gasteiger partial charge in [0.2, 0.25) is 5.78 Å². The predicted molar refractivity (Wildman–Crippen MR) is 178 cm³/mol. The van der Waals surface area contributed by atoms with Crippen LogP contribution in [0.2, 0.25) is 0 Å². The number of methoxy groups -OCH3 is 1. The summed E-state index contributed by atoms with van der Waals surface area (Å²) < 4.78 is 44.3. The third-order valence-corrected chi connectivity index (χ3v) is 13.6. The molecule has 10 atom stereocenters. The van der Waals surface area contributed by atoms with E-state index in [9.17, 15) is 24.6 Å². The van der Waals surface area contributed by atoms with E-state index in [2.05, 4.69) is 4.90 Å². The molecule has 0 radical (unpaired) electrons. The van der Waals surface area contributed by atoms with Gasteiger partial charge in [-0.25, -0.2) is 0 Å². The molecule has 1 unspecified atom stereocenters. The van der Waals surface area contributed by atoms with Gasteiger partial charge in [-0.3, -0.25) is 19.3 Å². The average Bonchev–Trinajstić information content (AvgIpc) is 3.70. The van der Waals surface area contributed by atoms with Crippen LogP contribution in [-0.4, -0.2) is 118 Å². The van der Waals surface area contributed by atoms with E-state index in [1.54, 1.807) is 18.2 Å². The number of rotatable bonds is 5. The molecule has 0 amide bonds. The van der Waals surface area contributed by atoms with Crippen molar-refractivity contribution in [3.63, 3.8) is 0 Å². The molecule has 2 aromatic rings. The molecule has 10 rings (SSSR count). The highest BCUT2D eigenvalue weighted by molar-refractivity contribution is 8.19. The molecule has 0 aromatic heterocycles. The Morgan fingerprint density at radius 1 is 1.04 bits per heavy atom. The molecule has 2 aromatic carbocycles. The van der Waals surface area contributed by atoms with Gasteiger partial charge in [0.25, 0.3) is 0 Å². The quantitative estimate of drug-likeness (QED) is 0.395. The molecular formula is C35H37NO12S2. The van der Waals surface area contributed by atoms with Gasteiger partial charge in [0.1, 0.15) is 41.8 Å². The van der Waals surface area contributed by atoms with Crippen molar-refractivity contribution >= 4 is 40.9 Å². The van der Waals surface area contributed by atoms with Gasteiger partial charge in [-0.2, -0.15) is 0 Å². The molecule has 2 N–H and O–H groups in total. The fraction of sp³-hybridized carbons (Fsp3) is 0.571. The summed E-state index contributed by atoms with van der Waals surface area (Å²) in [5, 5.41) is 22.6. The summed E-state index contributed by atoms with van der Waals surface area (Å²) >= 11 is 3.01. The van der Waals surface area contributed by atoms with Gasteiger partial charge < -0.3 is 43.4 Å². The molecular weight excluding hydrogens is 691 g/mol. The SMILES string of the molecule is COc1cccc2c1C(=O)c1c3c4c(c(c1C2=O)O[C@@H]1SCSC1O3)C[C@@](O)(C(=O)CO)C[C@@H]4O[C@H]1C[C@H]2[C@H](O[C@@H]3[C@@H](C)OCCN32)[C@H](C)O1. The molecule has 266 valence electrons. The lowest BCUT2D eigenvalue weighted by Gasteiger charge is -2.44. The van der Waals surface area contributed by atoms with Crippen molar-refractivity contribution in [3.8, 4) is 17.2 Å². The number of aliphatic hydroxyl groups excluding tert-OH is 1. The monoisotopic (exact) mass is 727 g/mol. The average molecular weight is 728 g/mol. The van der Waals surface area contributed by atoms with E-state index < -0.39 is 52.8 Å². The van der Waals surface area contributed by atoms with Crippen molar-refractivity contribution in [2.45, 2.75) is 92.6 Å². The normalized spacial score (nSPS) is 36.9. The Hall–Kier alpha value is -2.73. The Balaban J connectivity index is 1.19. The first-order valence-electron chi connectivity index (χ1n) is 16.9. The van der Waals surface area contributed by atoms with Crippen LogP contribution in [0.15, 0.2) is 18.2 Å². The Morgan fingerprint density at radius 2 is 1.80 bits per heavy atom. The van der Waals surface area contributed by atoms with Gasteiger partial charge in [-0.15, -0.1) is 23.5 Å². The number of hydrogen-bond acceptors (Lipinski definition) is 15. The van der Waals surface area contributed by atoms with Gasteiger partial charge in [-0.1, -0.05) is 12.1 Å². The second-order valence-corrected chi connectivity index (χ2v) is 16.3. The van der Waals surface area contributed by atoms with Crippen molar-refractivity contribution in [2.75, 3.05) is 32.0 Å². The highest BCUT2D eigenvalue weighted by Gasteiger charge is 2.55. The van der Waals surface area contributed by atoms with Gasteiger partial charge in [0, 0.05) is 53.6 Å². The van der Waals surface area contributed by atoms with E-state index in [-0.39, 0.29) is 82.9 Å². The van der Waals surface area contributed by atoms with Crippen molar-refractivity contribution in [3.05, 3.63) is 51.6 Å². The highest BCUT2D eigenvalue weighted by atomic mass is 32.2. The first-order valence-corrected chi connectivity index (χ1v) is 19.0. The Bertz CT molecular complexity index is 1810. The number of nitrogens with zero attached hydrogens (tertiary/aromatic N) is 1. The number of ketones is 3. The summed E-state index contributed by atoms with van der Waals surface area (Å²) in [6.07, 6.45) is -2.83. The lowest BCUT2D eigenvalue weighted by Crippen LogP contribution is -2.54. The van der Waals surface area contributed by atoms with Gasteiger partial charge in [0.05, 0.1) is 48.7 Å². The molecule has 6 aliphatic heterocycles. The van der Waals surface area contributed by atoms with Crippen LogP contribution < -0.4 is 14.2 Å². The molecule has 0 saturated carbocycles. The first-order chi connectivity index (χ1) is 24.1. The van der Waals surface area contributed by atoms with Crippen LogP contribution in [0.1, 0.15) is 75.8 Å². The summed E-state index contributed by atoms with van der Waals surface area (Å²) in [5.41, 5.74) is -2.03. The number of ether oxygens (including phenoxy) is 7. The summed E-state index contributed by atoms with van der Waals surface area (Å²) in [4.78, 5) is 44.5. The fourth-order valence-electron chi connectivity index (χ4n) is 8.69. The molecule has 4 saturated heterocycles. The fourth-order valence-corrected chi connectivity index (χ4v) is 11.3. The lowest BCUT2D eigenvalue weighted by atomic mass is 9.71. The number of benzene rings is 2. The number of morpholine rings is 1. The molecule has 8 aliphatic rings. The zero-order chi connectivity index (χ0) is 34.6. The number of thioether (sulfide) groups is 2. The number of Topliss-reactive ketones (excluding diaryl/α,β-unsaturated/α-hetero) is 1. The maximum Gasteiger partial charge on any atom is 0.202 e. The van der Waals surface area contributed by atoms with E-state index in [0.717, 1.165) is 0 Å². The molecule has 13 nitrogen and oxygen atoms in total. The standard InChI is InChI=1S/C35H37NO12S2/c1-14-29-18(36-7-8-43-15(2)32(36)46-29)9-22(44-14)45-20-11-35(41,21(38)12-37)10-17-24(20)31-26-25(30(17)47-33-34(48-31)50-13-49-33)27(39)16-5-4-6-19(42-3)23(16)28(26)40/h4-6,14-15,18,20,22,29,32-34,37,41H,7-13H2,1-3H3/t14-,15+,18-,20-,22-,29+,32+,33+,34?,35-/m0/s1. The molecule has 2 aliphatic carbocycles. The van der Waals surface area contributed by atoms with Crippen LogP contribution in [-0.2, 0) is 30.2 Å². The number of aliphatic hydroxyl groups is 2. The van der Waals surface area contributed by atoms with E-state index in [1.165, 1.54) is 30.6 Å². The van der Waals surface area contributed by atoms with Crippen molar-refractivity contribution in [1.29, 1.82) is 0 Å². The number of carbonyl (C=O) groups excluding carboxylic acids is 3. The summed E-state index contributed by atoms with van der Waals surface area (Å²) in [6.45, 7) is 4.28. The minimum Gasteiger partial charge on any atom is -0.496 e. The second-order valence-electron chi connectivity index (χ2n) is 13.8. The molecule has 2 bridgehead atoms. The topological polar surface area (TPSA) is 160 Å². The third-order valence-electron chi connectivity index (χ3n) is 11.0. The van der Waals surface area contributed by atoms with Gasteiger partial charge >= 0.3 is 0 Å². The number of carbonyl (C=O) groups is 3. The molecule has 6 heterocycles. The van der Waals surface area contributed by atoms with E-state index >= 15 is 0 Å². The summed E-state index contributed by atoms with van der Waals surface area (Å²) in [7, 11) is 1.44. The van der Waals surface area contributed by atoms with Crippen LogP contribution in [0.4, 0.5) is 0 Å².